The van der Waals surface area contributed by atoms with Gasteiger partial charge in [-0.05, 0) is 37.5 Å². The lowest BCUT2D eigenvalue weighted by atomic mass is 10.0. The first kappa shape index (κ1) is 21.2. The molecule has 1 atom stereocenters. The molecule has 4 nitrogen and oxygen atoms in total. The van der Waals surface area contributed by atoms with Gasteiger partial charge in [-0.15, -0.1) is 0 Å². The van der Waals surface area contributed by atoms with Gasteiger partial charge in [-0.3, -0.25) is 0 Å². The third kappa shape index (κ3) is 9.92. The SMILES string of the molecule is C=C(C)C(=O)OCC(O)COc1ccc(CCCCCCCC)cc1. The predicted molar refractivity (Wildman–Crippen MR) is 101 cm³/mol. The molecule has 0 bridgehead atoms. The van der Waals surface area contributed by atoms with Crippen molar-refractivity contribution in [2.24, 2.45) is 0 Å². The second-order valence-electron chi connectivity index (χ2n) is 6.51. The number of aliphatic hydroxyl groups is 1. The van der Waals surface area contributed by atoms with Gasteiger partial charge in [0.2, 0.25) is 0 Å². The Morgan fingerprint density at radius 3 is 2.36 bits per heavy atom. The van der Waals surface area contributed by atoms with Gasteiger partial charge in [-0.2, -0.15) is 0 Å². The molecule has 0 heterocycles. The van der Waals surface area contributed by atoms with E-state index in [-0.39, 0.29) is 13.2 Å². The van der Waals surface area contributed by atoms with Gasteiger partial charge in [0.1, 0.15) is 25.1 Å². The van der Waals surface area contributed by atoms with Crippen LogP contribution in [-0.2, 0) is 16.0 Å². The molecule has 0 aliphatic rings. The highest BCUT2D eigenvalue weighted by atomic mass is 16.5. The van der Waals surface area contributed by atoms with Crippen molar-refractivity contribution < 1.29 is 19.4 Å². The molecule has 1 aromatic carbocycles. The van der Waals surface area contributed by atoms with E-state index in [0.29, 0.717) is 11.3 Å². The lowest BCUT2D eigenvalue weighted by Crippen LogP contribution is -2.25. The maximum atomic E-state index is 11.2. The van der Waals surface area contributed by atoms with Gasteiger partial charge >= 0.3 is 5.97 Å². The zero-order valence-corrected chi connectivity index (χ0v) is 15.6. The fraction of sp³-hybridized carbons (Fsp3) is 0.571. The first-order valence-electron chi connectivity index (χ1n) is 9.25. The average Bonchev–Trinajstić information content (AvgIpc) is 2.61. The van der Waals surface area contributed by atoms with Crippen molar-refractivity contribution in [3.63, 3.8) is 0 Å². The minimum Gasteiger partial charge on any atom is -0.491 e. The van der Waals surface area contributed by atoms with Crippen LogP contribution in [0.2, 0.25) is 0 Å². The molecule has 0 amide bonds. The first-order valence-corrected chi connectivity index (χ1v) is 9.25. The summed E-state index contributed by atoms with van der Waals surface area (Å²) in [7, 11) is 0. The van der Waals surface area contributed by atoms with Gasteiger partial charge in [0.15, 0.2) is 0 Å². The third-order valence-corrected chi connectivity index (χ3v) is 3.94. The number of aliphatic hydroxyl groups excluding tert-OH is 1. The summed E-state index contributed by atoms with van der Waals surface area (Å²) in [5.74, 6) is 0.204. The van der Waals surface area contributed by atoms with Gasteiger partial charge in [-0.25, -0.2) is 4.79 Å². The molecular formula is C21H32O4. The summed E-state index contributed by atoms with van der Waals surface area (Å²) in [6.07, 6.45) is 8.02. The Bertz CT molecular complexity index is 507. The number of carbonyl (C=O) groups is 1. The zero-order chi connectivity index (χ0) is 18.5. The van der Waals surface area contributed by atoms with E-state index in [1.807, 2.05) is 12.1 Å². The molecule has 0 aliphatic heterocycles. The number of benzene rings is 1. The quantitative estimate of drug-likeness (QED) is 0.325. The molecule has 1 rings (SSSR count). The van der Waals surface area contributed by atoms with Crippen LogP contribution in [-0.4, -0.2) is 30.4 Å². The summed E-state index contributed by atoms with van der Waals surface area (Å²) in [5, 5.41) is 9.77. The molecule has 0 fully saturated rings. The van der Waals surface area contributed by atoms with E-state index in [1.165, 1.54) is 44.1 Å². The summed E-state index contributed by atoms with van der Waals surface area (Å²) < 4.78 is 10.4. The van der Waals surface area contributed by atoms with Crippen LogP contribution in [0.25, 0.3) is 0 Å². The summed E-state index contributed by atoms with van der Waals surface area (Å²) in [6.45, 7) is 7.28. The Kier molecular flexibility index (Phi) is 10.6. The first-order chi connectivity index (χ1) is 12.0. The fourth-order valence-corrected chi connectivity index (χ4v) is 2.40. The van der Waals surface area contributed by atoms with Crippen molar-refractivity contribution in [3.8, 4) is 5.75 Å². The van der Waals surface area contributed by atoms with Crippen LogP contribution in [0.3, 0.4) is 0 Å². The molecule has 4 heteroatoms. The summed E-state index contributed by atoms with van der Waals surface area (Å²) >= 11 is 0. The number of aryl methyl sites for hydroxylation is 1. The fourth-order valence-electron chi connectivity index (χ4n) is 2.40. The van der Waals surface area contributed by atoms with Crippen LogP contribution in [0.15, 0.2) is 36.4 Å². The molecule has 0 aromatic heterocycles. The topological polar surface area (TPSA) is 55.8 Å². The second-order valence-corrected chi connectivity index (χ2v) is 6.51. The number of hydrogen-bond donors (Lipinski definition) is 1. The standard InChI is InChI=1S/C21H32O4/c1-4-5-6-7-8-9-10-18-11-13-20(14-12-18)24-15-19(22)16-25-21(23)17(2)3/h11-14,19,22H,2,4-10,15-16H2,1,3H3. The Labute approximate surface area is 151 Å². The molecule has 0 saturated carbocycles. The number of ether oxygens (including phenoxy) is 2. The van der Waals surface area contributed by atoms with Gasteiger partial charge in [0.05, 0.1) is 0 Å². The molecule has 0 aliphatic carbocycles. The monoisotopic (exact) mass is 348 g/mol. The van der Waals surface area contributed by atoms with Gasteiger partial charge in [-0.1, -0.05) is 57.7 Å². The van der Waals surface area contributed by atoms with Crippen molar-refractivity contribution >= 4 is 5.97 Å². The van der Waals surface area contributed by atoms with E-state index >= 15 is 0 Å². The van der Waals surface area contributed by atoms with Crippen molar-refractivity contribution in [1.29, 1.82) is 0 Å². The van der Waals surface area contributed by atoms with Crippen LogP contribution in [0.5, 0.6) is 5.75 Å². The summed E-state index contributed by atoms with van der Waals surface area (Å²) in [4.78, 5) is 11.2. The molecule has 0 spiro atoms. The molecule has 0 saturated heterocycles. The number of carbonyl (C=O) groups excluding carboxylic acids is 1. The number of unbranched alkanes of at least 4 members (excludes halogenated alkanes) is 5. The lowest BCUT2D eigenvalue weighted by Gasteiger charge is -2.13. The lowest BCUT2D eigenvalue weighted by molar-refractivity contribution is -0.142. The Morgan fingerprint density at radius 1 is 1.08 bits per heavy atom. The number of hydrogen-bond acceptors (Lipinski definition) is 4. The molecule has 140 valence electrons. The van der Waals surface area contributed by atoms with E-state index in [4.69, 9.17) is 9.47 Å². The van der Waals surface area contributed by atoms with Crippen LogP contribution < -0.4 is 4.74 Å². The van der Waals surface area contributed by atoms with Crippen molar-refractivity contribution in [2.45, 2.75) is 64.9 Å². The van der Waals surface area contributed by atoms with Crippen molar-refractivity contribution in [2.75, 3.05) is 13.2 Å². The third-order valence-electron chi connectivity index (χ3n) is 3.94. The normalized spacial score (nSPS) is 11.8. The highest BCUT2D eigenvalue weighted by Crippen LogP contribution is 2.15. The molecule has 1 unspecified atom stereocenters. The van der Waals surface area contributed by atoms with Crippen LogP contribution >= 0.6 is 0 Å². The minimum atomic E-state index is -0.855. The number of esters is 1. The van der Waals surface area contributed by atoms with Crippen molar-refractivity contribution in [1.82, 2.24) is 0 Å². The molecule has 1 N–H and O–H groups in total. The molecule has 0 radical (unpaired) electrons. The van der Waals surface area contributed by atoms with Crippen LogP contribution in [0, 0.1) is 0 Å². The van der Waals surface area contributed by atoms with Crippen LogP contribution in [0.1, 0.15) is 57.9 Å². The van der Waals surface area contributed by atoms with Crippen molar-refractivity contribution in [3.05, 3.63) is 42.0 Å². The van der Waals surface area contributed by atoms with E-state index in [2.05, 4.69) is 25.6 Å². The Morgan fingerprint density at radius 2 is 1.72 bits per heavy atom. The highest BCUT2D eigenvalue weighted by molar-refractivity contribution is 5.86. The van der Waals surface area contributed by atoms with E-state index in [1.54, 1.807) is 6.92 Å². The molecule has 1 aromatic rings. The minimum absolute atomic E-state index is 0.0836. The number of rotatable bonds is 13. The Balaban J connectivity index is 2.21. The molecular weight excluding hydrogens is 316 g/mol. The van der Waals surface area contributed by atoms with Gasteiger partial charge in [0, 0.05) is 5.57 Å². The summed E-state index contributed by atoms with van der Waals surface area (Å²) in [6, 6.07) is 7.96. The average molecular weight is 348 g/mol. The zero-order valence-electron chi connectivity index (χ0n) is 15.6. The van der Waals surface area contributed by atoms with E-state index < -0.39 is 12.1 Å². The van der Waals surface area contributed by atoms with Gasteiger partial charge in [0.25, 0.3) is 0 Å². The highest BCUT2D eigenvalue weighted by Gasteiger charge is 2.10. The van der Waals surface area contributed by atoms with E-state index in [9.17, 15) is 9.90 Å². The van der Waals surface area contributed by atoms with Crippen LogP contribution in [0.4, 0.5) is 0 Å². The largest absolute Gasteiger partial charge is 0.491 e. The van der Waals surface area contributed by atoms with Gasteiger partial charge < -0.3 is 14.6 Å². The summed E-state index contributed by atoms with van der Waals surface area (Å²) in [5.41, 5.74) is 1.62. The van der Waals surface area contributed by atoms with E-state index in [0.717, 1.165) is 6.42 Å². The Hall–Kier alpha value is -1.81. The smallest absolute Gasteiger partial charge is 0.333 e. The predicted octanol–water partition coefficient (Wildman–Crippen LogP) is 4.45. The maximum absolute atomic E-state index is 11.2. The molecule has 25 heavy (non-hydrogen) atoms. The maximum Gasteiger partial charge on any atom is 0.333 e. The second kappa shape index (κ2) is 12.5.